The predicted octanol–water partition coefficient (Wildman–Crippen LogP) is 1.03. The van der Waals surface area contributed by atoms with Gasteiger partial charge in [-0.25, -0.2) is 4.39 Å². The van der Waals surface area contributed by atoms with E-state index in [1.54, 1.807) is 13.0 Å². The van der Waals surface area contributed by atoms with Crippen molar-refractivity contribution in [3.63, 3.8) is 0 Å². The van der Waals surface area contributed by atoms with Crippen molar-refractivity contribution >= 4 is 0 Å². The molecular formula is C15H23FN2O2. The Kier molecular flexibility index (Phi) is 4.62. The second kappa shape index (κ2) is 6.08. The SMILES string of the molecule is CN(C)CC(C)(O)CNCC1Cc2cc(F)ccc2O1. The molecule has 4 nitrogen and oxygen atoms in total. The molecule has 2 N–H and O–H groups in total. The molecule has 2 rings (SSSR count). The average Bonchev–Trinajstić information content (AvgIpc) is 2.68. The Hall–Kier alpha value is -1.17. The quantitative estimate of drug-likeness (QED) is 0.818. The summed E-state index contributed by atoms with van der Waals surface area (Å²) in [4.78, 5) is 1.95. The third-order valence-corrected chi connectivity index (χ3v) is 3.30. The lowest BCUT2D eigenvalue weighted by atomic mass is 10.1. The second-order valence-electron chi connectivity index (χ2n) is 6.06. The summed E-state index contributed by atoms with van der Waals surface area (Å²) in [5.74, 6) is 0.535. The molecule has 0 fully saturated rings. The summed E-state index contributed by atoms with van der Waals surface area (Å²) in [6.45, 7) is 3.53. The monoisotopic (exact) mass is 282 g/mol. The lowest BCUT2D eigenvalue weighted by molar-refractivity contribution is 0.0320. The van der Waals surface area contributed by atoms with Gasteiger partial charge in [0.2, 0.25) is 0 Å². The molecule has 1 aromatic rings. The number of rotatable bonds is 6. The Morgan fingerprint density at radius 3 is 2.95 bits per heavy atom. The van der Waals surface area contributed by atoms with Crippen molar-refractivity contribution in [2.45, 2.75) is 25.0 Å². The van der Waals surface area contributed by atoms with Crippen LogP contribution in [0.1, 0.15) is 12.5 Å². The predicted molar refractivity (Wildman–Crippen MR) is 76.6 cm³/mol. The fourth-order valence-corrected chi connectivity index (χ4v) is 2.64. The number of hydrogen-bond acceptors (Lipinski definition) is 4. The van der Waals surface area contributed by atoms with Gasteiger partial charge in [0.05, 0.1) is 5.60 Å². The van der Waals surface area contributed by atoms with Gasteiger partial charge in [0, 0.05) is 31.6 Å². The molecular weight excluding hydrogens is 259 g/mol. The van der Waals surface area contributed by atoms with Gasteiger partial charge in [-0.2, -0.15) is 0 Å². The fraction of sp³-hybridized carbons (Fsp3) is 0.600. The number of hydrogen-bond donors (Lipinski definition) is 2. The highest BCUT2D eigenvalue weighted by Gasteiger charge is 2.25. The van der Waals surface area contributed by atoms with E-state index in [4.69, 9.17) is 4.74 Å². The van der Waals surface area contributed by atoms with Gasteiger partial charge in [0.15, 0.2) is 0 Å². The normalized spacial score (nSPS) is 20.6. The van der Waals surface area contributed by atoms with Crippen molar-refractivity contribution in [1.82, 2.24) is 10.2 Å². The van der Waals surface area contributed by atoms with E-state index in [-0.39, 0.29) is 11.9 Å². The van der Waals surface area contributed by atoms with Crippen LogP contribution in [-0.2, 0) is 6.42 Å². The van der Waals surface area contributed by atoms with E-state index in [2.05, 4.69) is 5.32 Å². The standard InChI is InChI=1S/C15H23FN2O2/c1-15(19,10-18(2)3)9-17-8-13-7-11-6-12(16)4-5-14(11)20-13/h4-6,13,17,19H,7-10H2,1-3H3. The highest BCUT2D eigenvalue weighted by molar-refractivity contribution is 5.37. The van der Waals surface area contributed by atoms with Crippen LogP contribution in [0.5, 0.6) is 5.75 Å². The number of aliphatic hydroxyl groups is 1. The molecule has 0 amide bonds. The van der Waals surface area contributed by atoms with Crippen molar-refractivity contribution in [3.8, 4) is 5.75 Å². The van der Waals surface area contributed by atoms with Gasteiger partial charge in [0.1, 0.15) is 17.7 Å². The molecule has 1 aliphatic rings. The number of halogens is 1. The third kappa shape index (κ3) is 4.16. The Morgan fingerprint density at radius 1 is 1.50 bits per heavy atom. The van der Waals surface area contributed by atoms with E-state index in [1.807, 2.05) is 19.0 Å². The zero-order chi connectivity index (χ0) is 14.8. The highest BCUT2D eigenvalue weighted by Crippen LogP contribution is 2.28. The molecule has 1 aromatic carbocycles. The van der Waals surface area contributed by atoms with Crippen LogP contribution in [0.3, 0.4) is 0 Å². The lowest BCUT2D eigenvalue weighted by Gasteiger charge is -2.27. The summed E-state index contributed by atoms with van der Waals surface area (Å²) in [5.41, 5.74) is 0.137. The zero-order valence-corrected chi connectivity index (χ0v) is 12.3. The molecule has 0 aliphatic carbocycles. The lowest BCUT2D eigenvalue weighted by Crippen LogP contribution is -2.47. The fourth-order valence-electron chi connectivity index (χ4n) is 2.64. The van der Waals surface area contributed by atoms with E-state index in [0.717, 1.165) is 11.3 Å². The number of nitrogens with zero attached hydrogens (tertiary/aromatic N) is 1. The van der Waals surface area contributed by atoms with Crippen LogP contribution in [0.2, 0.25) is 0 Å². The minimum absolute atomic E-state index is 0.00181. The summed E-state index contributed by atoms with van der Waals surface area (Å²) in [6, 6.07) is 4.61. The van der Waals surface area contributed by atoms with Crippen LogP contribution in [0, 0.1) is 5.82 Å². The molecule has 5 heteroatoms. The Bertz CT molecular complexity index is 463. The summed E-state index contributed by atoms with van der Waals surface area (Å²) >= 11 is 0. The van der Waals surface area contributed by atoms with Crippen LogP contribution in [0.15, 0.2) is 18.2 Å². The summed E-state index contributed by atoms with van der Waals surface area (Å²) in [7, 11) is 3.86. The molecule has 0 aromatic heterocycles. The van der Waals surface area contributed by atoms with E-state index in [9.17, 15) is 9.50 Å². The van der Waals surface area contributed by atoms with Crippen LogP contribution in [0.25, 0.3) is 0 Å². The van der Waals surface area contributed by atoms with Gasteiger partial charge >= 0.3 is 0 Å². The van der Waals surface area contributed by atoms with Crippen molar-refractivity contribution in [2.24, 2.45) is 0 Å². The molecule has 0 bridgehead atoms. The van der Waals surface area contributed by atoms with Crippen molar-refractivity contribution in [2.75, 3.05) is 33.7 Å². The van der Waals surface area contributed by atoms with Crippen LogP contribution >= 0.6 is 0 Å². The molecule has 0 saturated carbocycles. The van der Waals surface area contributed by atoms with Gasteiger partial charge in [-0.1, -0.05) is 0 Å². The van der Waals surface area contributed by atoms with Crippen molar-refractivity contribution in [1.29, 1.82) is 0 Å². The molecule has 1 heterocycles. The van der Waals surface area contributed by atoms with Crippen molar-refractivity contribution in [3.05, 3.63) is 29.6 Å². The molecule has 20 heavy (non-hydrogen) atoms. The van der Waals surface area contributed by atoms with Crippen LogP contribution in [-0.4, -0.2) is 55.4 Å². The first-order valence-corrected chi connectivity index (χ1v) is 6.89. The number of nitrogens with one attached hydrogen (secondary N) is 1. The molecule has 0 radical (unpaired) electrons. The molecule has 1 aliphatic heterocycles. The first-order valence-electron chi connectivity index (χ1n) is 6.89. The Labute approximate surface area is 119 Å². The topological polar surface area (TPSA) is 44.7 Å². The van der Waals surface area contributed by atoms with Gasteiger partial charge < -0.3 is 20.1 Å². The van der Waals surface area contributed by atoms with E-state index in [0.29, 0.717) is 26.1 Å². The number of likely N-dealkylation sites (N-methyl/N-ethyl adjacent to an activating group) is 1. The van der Waals surface area contributed by atoms with E-state index in [1.165, 1.54) is 12.1 Å². The molecule has 2 unspecified atom stereocenters. The number of ether oxygens (including phenoxy) is 1. The Morgan fingerprint density at radius 2 is 2.25 bits per heavy atom. The molecule has 0 spiro atoms. The number of benzene rings is 1. The maximum absolute atomic E-state index is 13.1. The minimum Gasteiger partial charge on any atom is -0.488 e. The van der Waals surface area contributed by atoms with Gasteiger partial charge in [-0.15, -0.1) is 0 Å². The average molecular weight is 282 g/mol. The summed E-state index contributed by atoms with van der Waals surface area (Å²) in [6.07, 6.45) is 0.706. The summed E-state index contributed by atoms with van der Waals surface area (Å²) < 4.78 is 18.8. The highest BCUT2D eigenvalue weighted by atomic mass is 19.1. The molecule has 0 saturated heterocycles. The smallest absolute Gasteiger partial charge is 0.123 e. The van der Waals surface area contributed by atoms with Gasteiger partial charge in [0.25, 0.3) is 0 Å². The first kappa shape index (κ1) is 15.2. The first-order chi connectivity index (χ1) is 9.35. The van der Waals surface area contributed by atoms with Crippen LogP contribution < -0.4 is 10.1 Å². The zero-order valence-electron chi connectivity index (χ0n) is 12.3. The third-order valence-electron chi connectivity index (χ3n) is 3.30. The maximum atomic E-state index is 13.1. The number of fused-ring (bicyclic) bond motifs is 1. The minimum atomic E-state index is -0.777. The molecule has 112 valence electrons. The van der Waals surface area contributed by atoms with Crippen LogP contribution in [0.4, 0.5) is 4.39 Å². The van der Waals surface area contributed by atoms with E-state index < -0.39 is 5.60 Å². The maximum Gasteiger partial charge on any atom is 0.123 e. The summed E-state index contributed by atoms with van der Waals surface area (Å²) in [5, 5.41) is 13.4. The molecule has 2 atom stereocenters. The van der Waals surface area contributed by atoms with Gasteiger partial charge in [-0.3, -0.25) is 0 Å². The second-order valence-corrected chi connectivity index (χ2v) is 6.06. The Balaban J connectivity index is 1.77. The van der Waals surface area contributed by atoms with Gasteiger partial charge in [-0.05, 0) is 39.2 Å². The van der Waals surface area contributed by atoms with E-state index >= 15 is 0 Å². The van der Waals surface area contributed by atoms with Crippen molar-refractivity contribution < 1.29 is 14.2 Å². The largest absolute Gasteiger partial charge is 0.488 e.